The second-order valence-corrected chi connectivity index (χ2v) is 5.89. The van der Waals surface area contributed by atoms with Crippen LogP contribution in [0.5, 0.6) is 0 Å². The van der Waals surface area contributed by atoms with Crippen LogP contribution >= 0.6 is 34.5 Å². The SMILES string of the molecule is NC(CC1CCCC1)C(=NI)c1ccc(Cl)cc1. The summed E-state index contributed by atoms with van der Waals surface area (Å²) in [6.45, 7) is 0. The average molecular weight is 377 g/mol. The van der Waals surface area contributed by atoms with Crippen LogP contribution in [0.4, 0.5) is 0 Å². The fraction of sp³-hybridized carbons (Fsp3) is 0.500. The molecule has 1 saturated carbocycles. The Balaban J connectivity index is 2.05. The molecule has 2 nitrogen and oxygen atoms in total. The van der Waals surface area contributed by atoms with Crippen LogP contribution in [0.1, 0.15) is 37.7 Å². The third-order valence-corrected chi connectivity index (χ3v) is 4.42. The largest absolute Gasteiger partial charge is 0.323 e. The number of hydrogen-bond acceptors (Lipinski definition) is 2. The highest BCUT2D eigenvalue weighted by Gasteiger charge is 2.21. The van der Waals surface area contributed by atoms with Crippen LogP contribution in [-0.4, -0.2) is 11.8 Å². The van der Waals surface area contributed by atoms with Crippen molar-refractivity contribution in [1.82, 2.24) is 0 Å². The van der Waals surface area contributed by atoms with Crippen molar-refractivity contribution < 1.29 is 0 Å². The van der Waals surface area contributed by atoms with Gasteiger partial charge in [-0.05, 0) is 30.0 Å². The van der Waals surface area contributed by atoms with Gasteiger partial charge in [0.15, 0.2) is 0 Å². The van der Waals surface area contributed by atoms with Crippen molar-refractivity contribution in [2.45, 2.75) is 38.1 Å². The summed E-state index contributed by atoms with van der Waals surface area (Å²) < 4.78 is 4.35. The topological polar surface area (TPSA) is 38.4 Å². The van der Waals surface area contributed by atoms with Gasteiger partial charge in [-0.1, -0.05) is 49.4 Å². The van der Waals surface area contributed by atoms with E-state index in [2.05, 4.69) is 3.21 Å². The molecular weight excluding hydrogens is 359 g/mol. The number of hydrogen-bond donors (Lipinski definition) is 1. The van der Waals surface area contributed by atoms with E-state index in [0.717, 1.165) is 28.6 Å². The van der Waals surface area contributed by atoms with Gasteiger partial charge in [0, 0.05) is 11.1 Å². The predicted octanol–water partition coefficient (Wildman–Crippen LogP) is 4.39. The van der Waals surface area contributed by atoms with E-state index < -0.39 is 0 Å². The van der Waals surface area contributed by atoms with Gasteiger partial charge in [-0.3, -0.25) is 0 Å². The zero-order valence-corrected chi connectivity index (χ0v) is 13.2. The second-order valence-electron chi connectivity index (χ2n) is 4.97. The van der Waals surface area contributed by atoms with Crippen molar-refractivity contribution in [3.63, 3.8) is 0 Å². The fourth-order valence-corrected chi connectivity index (χ4v) is 3.43. The first-order chi connectivity index (χ1) is 8.70. The van der Waals surface area contributed by atoms with Crippen LogP contribution in [0.15, 0.2) is 27.5 Å². The lowest BCUT2D eigenvalue weighted by Crippen LogP contribution is -2.32. The average Bonchev–Trinajstić information content (AvgIpc) is 2.85. The molecule has 0 aromatic heterocycles. The third-order valence-electron chi connectivity index (χ3n) is 3.64. The van der Waals surface area contributed by atoms with E-state index in [1.807, 2.05) is 47.1 Å². The highest BCUT2D eigenvalue weighted by Crippen LogP contribution is 2.29. The molecule has 1 aromatic carbocycles. The van der Waals surface area contributed by atoms with E-state index in [-0.39, 0.29) is 6.04 Å². The van der Waals surface area contributed by atoms with Gasteiger partial charge >= 0.3 is 0 Å². The Morgan fingerprint density at radius 3 is 2.50 bits per heavy atom. The lowest BCUT2D eigenvalue weighted by atomic mass is 9.93. The Morgan fingerprint density at radius 2 is 1.94 bits per heavy atom. The standard InChI is InChI=1S/C14H18ClIN2/c15-12-7-5-11(6-8-12)14(18-16)13(17)9-10-3-1-2-4-10/h5-8,10,13H,1-4,9,17H2. The maximum Gasteiger partial charge on any atom is 0.0835 e. The molecule has 0 saturated heterocycles. The summed E-state index contributed by atoms with van der Waals surface area (Å²) in [6.07, 6.45) is 6.40. The molecule has 2 N–H and O–H groups in total. The van der Waals surface area contributed by atoms with E-state index >= 15 is 0 Å². The smallest absolute Gasteiger partial charge is 0.0835 e. The van der Waals surface area contributed by atoms with E-state index in [9.17, 15) is 0 Å². The summed E-state index contributed by atoms with van der Waals surface area (Å²) in [6, 6.07) is 7.80. The molecule has 98 valence electrons. The summed E-state index contributed by atoms with van der Waals surface area (Å²) in [4.78, 5) is 0. The van der Waals surface area contributed by atoms with Crippen molar-refractivity contribution in [3.05, 3.63) is 34.9 Å². The Kier molecular flexibility index (Phi) is 5.45. The molecule has 18 heavy (non-hydrogen) atoms. The van der Waals surface area contributed by atoms with Crippen molar-refractivity contribution in [1.29, 1.82) is 0 Å². The van der Waals surface area contributed by atoms with Gasteiger partial charge < -0.3 is 5.73 Å². The van der Waals surface area contributed by atoms with E-state index in [1.165, 1.54) is 25.7 Å². The van der Waals surface area contributed by atoms with Gasteiger partial charge in [-0.15, -0.1) is 0 Å². The summed E-state index contributed by atoms with van der Waals surface area (Å²) in [5.41, 5.74) is 8.38. The van der Waals surface area contributed by atoms with Crippen LogP contribution < -0.4 is 5.73 Å². The molecular formula is C14H18ClIN2. The van der Waals surface area contributed by atoms with Gasteiger partial charge in [-0.2, -0.15) is 0 Å². The summed E-state index contributed by atoms with van der Waals surface area (Å²) in [7, 11) is 0. The normalized spacial score (nSPS) is 19.2. The maximum atomic E-state index is 6.31. The maximum absolute atomic E-state index is 6.31. The van der Waals surface area contributed by atoms with Gasteiger partial charge in [0.1, 0.15) is 0 Å². The number of nitrogens with two attached hydrogens (primary N) is 1. The second kappa shape index (κ2) is 6.87. The van der Waals surface area contributed by atoms with Gasteiger partial charge in [-0.25, -0.2) is 3.21 Å². The monoisotopic (exact) mass is 376 g/mol. The molecule has 0 radical (unpaired) electrons. The minimum absolute atomic E-state index is 0.0335. The quantitative estimate of drug-likeness (QED) is 0.614. The number of benzene rings is 1. The minimum atomic E-state index is 0.0335. The molecule has 0 heterocycles. The zero-order chi connectivity index (χ0) is 13.0. The molecule has 0 bridgehead atoms. The summed E-state index contributed by atoms with van der Waals surface area (Å²) in [5.74, 6) is 0.778. The molecule has 0 spiro atoms. The molecule has 4 heteroatoms. The molecule has 2 rings (SSSR count). The fourth-order valence-electron chi connectivity index (χ4n) is 2.66. The van der Waals surface area contributed by atoms with Crippen LogP contribution in [-0.2, 0) is 0 Å². The molecule has 1 aliphatic rings. The van der Waals surface area contributed by atoms with Crippen LogP contribution in [0.2, 0.25) is 5.02 Å². The van der Waals surface area contributed by atoms with Gasteiger partial charge in [0.25, 0.3) is 0 Å². The highest BCUT2D eigenvalue weighted by molar-refractivity contribution is 14.1. The first kappa shape index (κ1) is 14.3. The van der Waals surface area contributed by atoms with E-state index in [4.69, 9.17) is 17.3 Å². The minimum Gasteiger partial charge on any atom is -0.323 e. The Bertz CT molecular complexity index is 410. The molecule has 1 atom stereocenters. The van der Waals surface area contributed by atoms with Gasteiger partial charge in [0.05, 0.1) is 28.6 Å². The summed E-state index contributed by atoms with van der Waals surface area (Å²) >= 11 is 7.94. The lowest BCUT2D eigenvalue weighted by Gasteiger charge is -2.18. The third kappa shape index (κ3) is 3.68. The van der Waals surface area contributed by atoms with Crippen LogP contribution in [0.3, 0.4) is 0 Å². The Morgan fingerprint density at radius 1 is 1.33 bits per heavy atom. The van der Waals surface area contributed by atoms with Crippen molar-refractivity contribution in [3.8, 4) is 0 Å². The number of nitrogens with zero attached hydrogens (tertiary/aromatic N) is 1. The predicted molar refractivity (Wildman–Crippen MR) is 86.6 cm³/mol. The highest BCUT2D eigenvalue weighted by atomic mass is 127. The molecule has 1 fully saturated rings. The zero-order valence-electron chi connectivity index (χ0n) is 10.3. The first-order valence-electron chi connectivity index (χ1n) is 6.41. The van der Waals surface area contributed by atoms with Crippen molar-refractivity contribution in [2.24, 2.45) is 14.9 Å². The molecule has 0 aliphatic heterocycles. The van der Waals surface area contributed by atoms with Gasteiger partial charge in [0.2, 0.25) is 0 Å². The summed E-state index contributed by atoms with van der Waals surface area (Å²) in [5, 5.41) is 0.746. The van der Waals surface area contributed by atoms with E-state index in [1.54, 1.807) is 0 Å². The molecule has 1 aliphatic carbocycles. The Hall–Kier alpha value is -0.130. The molecule has 0 amide bonds. The molecule has 1 unspecified atom stereocenters. The first-order valence-corrected chi connectivity index (χ1v) is 7.75. The molecule has 1 aromatic rings. The van der Waals surface area contributed by atoms with Crippen LogP contribution in [0, 0.1) is 5.92 Å². The van der Waals surface area contributed by atoms with Crippen molar-refractivity contribution >= 4 is 40.2 Å². The van der Waals surface area contributed by atoms with Crippen molar-refractivity contribution in [2.75, 3.05) is 0 Å². The van der Waals surface area contributed by atoms with Crippen LogP contribution in [0.25, 0.3) is 0 Å². The number of halogens is 2. The Labute approximate surface area is 128 Å². The number of rotatable bonds is 4. The van der Waals surface area contributed by atoms with E-state index in [0.29, 0.717) is 0 Å². The lowest BCUT2D eigenvalue weighted by molar-refractivity contribution is 0.487.